The smallest absolute Gasteiger partial charge is 0.314 e. The summed E-state index contributed by atoms with van der Waals surface area (Å²) in [5.74, 6) is 3.20. The van der Waals surface area contributed by atoms with Gasteiger partial charge in [0, 0.05) is 17.7 Å². The van der Waals surface area contributed by atoms with Gasteiger partial charge in [0.1, 0.15) is 5.75 Å². The third-order valence-corrected chi connectivity index (χ3v) is 7.21. The molecule has 4 aliphatic rings. The van der Waals surface area contributed by atoms with Crippen LogP contribution < -0.4 is 10.1 Å². The zero-order chi connectivity index (χ0) is 17.7. The molecule has 1 aromatic carbocycles. The van der Waals surface area contributed by atoms with Crippen molar-refractivity contribution < 1.29 is 14.3 Å². The fourth-order valence-electron chi connectivity index (χ4n) is 5.77. The number of rotatable bonds is 4. The number of nitrogens with one attached hydrogen (secondary N) is 1. The minimum atomic E-state index is -0.0846. The molecule has 4 saturated carbocycles. The highest BCUT2D eigenvalue weighted by Crippen LogP contribution is 2.56. The second-order valence-electron chi connectivity index (χ2n) is 8.71. The molecule has 4 heteroatoms. The molecule has 0 radical (unpaired) electrons. The minimum Gasteiger partial charge on any atom is -0.426 e. The number of carbonyl (C=O) groups is 2. The van der Waals surface area contributed by atoms with E-state index in [4.69, 9.17) is 4.74 Å². The largest absolute Gasteiger partial charge is 0.426 e. The molecule has 1 unspecified atom stereocenters. The van der Waals surface area contributed by atoms with Gasteiger partial charge in [-0.05, 0) is 61.5 Å². The number of ether oxygens (including phenoxy) is 1. The lowest BCUT2D eigenvalue weighted by atomic mass is 10.0. The summed E-state index contributed by atoms with van der Waals surface area (Å²) in [4.78, 5) is 25.0. The molecule has 0 aliphatic heterocycles. The Morgan fingerprint density at radius 1 is 0.846 bits per heavy atom. The van der Waals surface area contributed by atoms with Gasteiger partial charge in [-0.1, -0.05) is 31.7 Å². The normalized spacial score (nSPS) is 37.1. The molecule has 1 N–H and O–H groups in total. The molecule has 138 valence electrons. The Balaban J connectivity index is 1.19. The van der Waals surface area contributed by atoms with Crippen molar-refractivity contribution in [1.29, 1.82) is 0 Å². The van der Waals surface area contributed by atoms with Gasteiger partial charge in [-0.15, -0.1) is 0 Å². The van der Waals surface area contributed by atoms with Crippen LogP contribution in [0.1, 0.15) is 51.4 Å². The predicted octanol–water partition coefficient (Wildman–Crippen LogP) is 4.40. The van der Waals surface area contributed by atoms with E-state index in [1.165, 1.54) is 51.4 Å². The molecule has 0 bridgehead atoms. The molecule has 5 atom stereocenters. The van der Waals surface area contributed by atoms with Crippen molar-refractivity contribution in [2.24, 2.45) is 35.5 Å². The Kier molecular flexibility index (Phi) is 4.02. The van der Waals surface area contributed by atoms with E-state index in [1.807, 2.05) is 12.1 Å². The van der Waals surface area contributed by atoms with E-state index in [0.29, 0.717) is 29.4 Å². The maximum absolute atomic E-state index is 12.5. The first-order valence-corrected chi connectivity index (χ1v) is 10.3. The standard InChI is InChI=1S/C22H27NO3/c24-21(19-15-8-1-2-9-16(15)19)23-13-6-5-7-14(12-13)26-22(25)20-17-10-3-4-11-18(17)20/h5-7,12,15-20H,1-4,8-11H2,(H,23,24)/t15-,16-,17-,18+,20?/m1/s1. The molecule has 0 spiro atoms. The molecule has 0 saturated heterocycles. The molecule has 1 amide bonds. The molecule has 1 aromatic rings. The molecular weight excluding hydrogens is 326 g/mol. The number of hydrogen-bond donors (Lipinski definition) is 1. The Labute approximate surface area is 154 Å². The van der Waals surface area contributed by atoms with E-state index >= 15 is 0 Å². The molecule has 5 rings (SSSR count). The van der Waals surface area contributed by atoms with Gasteiger partial charge in [0.05, 0.1) is 5.92 Å². The van der Waals surface area contributed by atoms with Crippen molar-refractivity contribution >= 4 is 17.6 Å². The lowest BCUT2D eigenvalue weighted by Crippen LogP contribution is -2.16. The molecule has 4 aliphatic carbocycles. The minimum absolute atomic E-state index is 0.0846. The van der Waals surface area contributed by atoms with E-state index < -0.39 is 0 Å². The predicted molar refractivity (Wildman–Crippen MR) is 98.6 cm³/mol. The summed E-state index contributed by atoms with van der Waals surface area (Å²) in [6.45, 7) is 0. The van der Waals surface area contributed by atoms with Crippen LogP contribution in [0.2, 0.25) is 0 Å². The van der Waals surface area contributed by atoms with Gasteiger partial charge in [0.25, 0.3) is 0 Å². The van der Waals surface area contributed by atoms with Crippen LogP contribution in [0.4, 0.5) is 5.69 Å². The van der Waals surface area contributed by atoms with Crippen LogP contribution in [-0.4, -0.2) is 11.9 Å². The van der Waals surface area contributed by atoms with E-state index in [9.17, 15) is 9.59 Å². The summed E-state index contributed by atoms with van der Waals surface area (Å²) in [7, 11) is 0. The molecule has 4 fully saturated rings. The van der Waals surface area contributed by atoms with Crippen LogP contribution in [0.15, 0.2) is 24.3 Å². The van der Waals surface area contributed by atoms with Crippen molar-refractivity contribution in [3.63, 3.8) is 0 Å². The quantitative estimate of drug-likeness (QED) is 0.645. The first-order chi connectivity index (χ1) is 12.7. The summed E-state index contributed by atoms with van der Waals surface area (Å²) in [5.41, 5.74) is 0.733. The number of esters is 1. The SMILES string of the molecule is O=C(Oc1cccc(NC(=O)C2[C@@H]3CCCC[C@@H]23)c1)C1[C@H]2CCCC[C@@H]12. The number of hydrogen-bond acceptors (Lipinski definition) is 3. The molecule has 0 aromatic heterocycles. The average molecular weight is 353 g/mol. The fraction of sp³-hybridized carbons (Fsp3) is 0.636. The Morgan fingerprint density at radius 3 is 2.04 bits per heavy atom. The highest BCUT2D eigenvalue weighted by atomic mass is 16.5. The van der Waals surface area contributed by atoms with E-state index in [2.05, 4.69) is 5.32 Å². The van der Waals surface area contributed by atoms with Gasteiger partial charge in [-0.3, -0.25) is 9.59 Å². The Morgan fingerprint density at radius 2 is 1.42 bits per heavy atom. The monoisotopic (exact) mass is 353 g/mol. The van der Waals surface area contributed by atoms with Gasteiger partial charge in [0.2, 0.25) is 5.91 Å². The van der Waals surface area contributed by atoms with E-state index in [0.717, 1.165) is 5.69 Å². The first-order valence-electron chi connectivity index (χ1n) is 10.3. The molecule has 4 nitrogen and oxygen atoms in total. The van der Waals surface area contributed by atoms with Crippen molar-refractivity contribution in [1.82, 2.24) is 0 Å². The highest BCUT2D eigenvalue weighted by Gasteiger charge is 2.56. The maximum atomic E-state index is 12.5. The summed E-state index contributed by atoms with van der Waals surface area (Å²) in [6, 6.07) is 7.31. The summed E-state index contributed by atoms with van der Waals surface area (Å²) < 4.78 is 5.63. The van der Waals surface area contributed by atoms with Crippen LogP contribution in [-0.2, 0) is 9.59 Å². The summed E-state index contributed by atoms with van der Waals surface area (Å²) >= 11 is 0. The second kappa shape index (κ2) is 6.40. The summed E-state index contributed by atoms with van der Waals surface area (Å²) in [5, 5.41) is 3.04. The average Bonchev–Trinajstić information content (AvgIpc) is 3.54. The molecule has 26 heavy (non-hydrogen) atoms. The zero-order valence-corrected chi connectivity index (χ0v) is 15.2. The highest BCUT2D eigenvalue weighted by molar-refractivity contribution is 5.95. The Bertz CT molecular complexity index is 649. The van der Waals surface area contributed by atoms with Gasteiger partial charge in [0.15, 0.2) is 0 Å². The molecule has 0 heterocycles. The molecular formula is C22H27NO3. The van der Waals surface area contributed by atoms with Crippen LogP contribution in [0.5, 0.6) is 5.75 Å². The number of carbonyl (C=O) groups excluding carboxylic acids is 2. The van der Waals surface area contributed by atoms with Crippen molar-refractivity contribution in [3.05, 3.63) is 24.3 Å². The van der Waals surface area contributed by atoms with Crippen LogP contribution in [0.25, 0.3) is 0 Å². The Hall–Kier alpha value is -1.84. The number of benzene rings is 1. The third-order valence-electron chi connectivity index (χ3n) is 7.21. The number of anilines is 1. The topological polar surface area (TPSA) is 55.4 Å². The van der Waals surface area contributed by atoms with Crippen LogP contribution >= 0.6 is 0 Å². The lowest BCUT2D eigenvalue weighted by Gasteiger charge is -2.08. The third kappa shape index (κ3) is 2.93. The van der Waals surface area contributed by atoms with Crippen molar-refractivity contribution in [2.45, 2.75) is 51.4 Å². The first kappa shape index (κ1) is 16.3. The van der Waals surface area contributed by atoms with E-state index in [1.54, 1.807) is 12.1 Å². The number of amides is 1. The van der Waals surface area contributed by atoms with Gasteiger partial charge in [-0.25, -0.2) is 0 Å². The lowest BCUT2D eigenvalue weighted by molar-refractivity contribution is -0.136. The van der Waals surface area contributed by atoms with Crippen molar-refractivity contribution in [3.8, 4) is 5.75 Å². The number of fused-ring (bicyclic) bond motifs is 2. The zero-order valence-electron chi connectivity index (χ0n) is 15.2. The van der Waals surface area contributed by atoms with Crippen molar-refractivity contribution in [2.75, 3.05) is 5.32 Å². The van der Waals surface area contributed by atoms with Crippen LogP contribution in [0, 0.1) is 35.5 Å². The van der Waals surface area contributed by atoms with E-state index in [-0.39, 0.29) is 23.7 Å². The van der Waals surface area contributed by atoms with Crippen LogP contribution in [0.3, 0.4) is 0 Å². The fourth-order valence-corrected chi connectivity index (χ4v) is 5.77. The maximum Gasteiger partial charge on any atom is 0.314 e. The van der Waals surface area contributed by atoms with Gasteiger partial charge < -0.3 is 10.1 Å². The van der Waals surface area contributed by atoms with Gasteiger partial charge >= 0.3 is 5.97 Å². The summed E-state index contributed by atoms with van der Waals surface area (Å²) in [6.07, 6.45) is 9.76. The second-order valence-corrected chi connectivity index (χ2v) is 8.71. The van der Waals surface area contributed by atoms with Gasteiger partial charge in [-0.2, -0.15) is 0 Å².